The molecule has 0 bridgehead atoms. The second kappa shape index (κ2) is 13.1. The van der Waals surface area contributed by atoms with Crippen molar-refractivity contribution in [2.24, 2.45) is 0 Å². The molecule has 0 radical (unpaired) electrons. The summed E-state index contributed by atoms with van der Waals surface area (Å²) in [4.78, 5) is 0. The Balaban J connectivity index is 1.29. The minimum Gasteiger partial charge on any atom is -0.0622 e. The van der Waals surface area contributed by atoms with Crippen LogP contribution in [0.3, 0.4) is 0 Å². The summed E-state index contributed by atoms with van der Waals surface area (Å²) in [5.41, 5.74) is 11.1. The molecule has 0 aliphatic rings. The predicted octanol–water partition coefficient (Wildman–Crippen LogP) is 14.3. The van der Waals surface area contributed by atoms with Gasteiger partial charge in [-0.2, -0.15) is 0 Å². The first-order valence-corrected chi connectivity index (χ1v) is 17.7. The molecule has 0 aliphatic heterocycles. The van der Waals surface area contributed by atoms with Crippen molar-refractivity contribution in [3.8, 4) is 22.3 Å². The molecule has 0 unspecified atom stereocenters. The molecule has 0 heteroatoms. The van der Waals surface area contributed by atoms with Crippen molar-refractivity contribution in [2.45, 2.75) is 6.92 Å². The van der Waals surface area contributed by atoms with Gasteiger partial charge in [0.1, 0.15) is 0 Å². The Morgan fingerprint density at radius 2 is 0.588 bits per heavy atom. The molecular formula is C51H36. The Bertz CT molecular complexity index is 2480. The van der Waals surface area contributed by atoms with Gasteiger partial charge in [-0.25, -0.2) is 0 Å². The van der Waals surface area contributed by atoms with Gasteiger partial charge in [-0.05, 0) is 106 Å². The van der Waals surface area contributed by atoms with E-state index in [0.29, 0.717) is 0 Å². The van der Waals surface area contributed by atoms with Crippen LogP contribution in [0.1, 0.15) is 27.8 Å². The molecule has 0 amide bonds. The number of fused-ring (bicyclic) bond motifs is 4. The molecule has 0 aromatic heterocycles. The van der Waals surface area contributed by atoms with E-state index >= 15 is 0 Å². The van der Waals surface area contributed by atoms with Crippen molar-refractivity contribution in [3.63, 3.8) is 0 Å². The Morgan fingerprint density at radius 1 is 0.294 bits per heavy atom. The van der Waals surface area contributed by atoms with Crippen LogP contribution in [0.25, 0.3) is 89.6 Å². The summed E-state index contributed by atoms with van der Waals surface area (Å²) in [5, 5.41) is 10.1. The van der Waals surface area contributed by atoms with Crippen molar-refractivity contribution in [1.29, 1.82) is 0 Å². The predicted molar refractivity (Wildman–Crippen MR) is 223 cm³/mol. The highest BCUT2D eigenvalue weighted by atomic mass is 14.2. The van der Waals surface area contributed by atoms with Crippen LogP contribution in [0.15, 0.2) is 176 Å². The van der Waals surface area contributed by atoms with E-state index in [2.05, 4.69) is 207 Å². The van der Waals surface area contributed by atoms with E-state index in [4.69, 9.17) is 0 Å². The molecule has 9 aromatic rings. The zero-order valence-electron chi connectivity index (χ0n) is 28.6. The molecule has 9 rings (SSSR count). The fourth-order valence-corrected chi connectivity index (χ4v) is 7.86. The van der Waals surface area contributed by atoms with Crippen LogP contribution >= 0.6 is 0 Å². The molecule has 0 saturated carbocycles. The molecule has 0 spiro atoms. The first-order chi connectivity index (χ1) is 25.2. The average Bonchev–Trinajstić information content (AvgIpc) is 3.18. The molecule has 0 aliphatic carbocycles. The molecule has 0 nitrogen and oxygen atoms in total. The molecule has 51 heavy (non-hydrogen) atoms. The lowest BCUT2D eigenvalue weighted by molar-refractivity contribution is 1.47. The zero-order chi connectivity index (χ0) is 34.1. The van der Waals surface area contributed by atoms with Crippen LogP contribution in [0, 0.1) is 6.92 Å². The molecule has 0 atom stereocenters. The van der Waals surface area contributed by atoms with Crippen LogP contribution in [0.5, 0.6) is 0 Å². The molecule has 240 valence electrons. The van der Waals surface area contributed by atoms with Gasteiger partial charge < -0.3 is 0 Å². The lowest BCUT2D eigenvalue weighted by atomic mass is 9.84. The lowest BCUT2D eigenvalue weighted by Gasteiger charge is -2.19. The third-order valence-electron chi connectivity index (χ3n) is 10.1. The van der Waals surface area contributed by atoms with Crippen molar-refractivity contribution >= 4 is 67.4 Å². The third kappa shape index (κ3) is 5.62. The van der Waals surface area contributed by atoms with E-state index in [1.54, 1.807) is 0 Å². The van der Waals surface area contributed by atoms with Crippen LogP contribution < -0.4 is 0 Å². The van der Waals surface area contributed by atoms with E-state index in [9.17, 15) is 0 Å². The summed E-state index contributed by atoms with van der Waals surface area (Å²) in [7, 11) is 0. The summed E-state index contributed by atoms with van der Waals surface area (Å²) < 4.78 is 0. The second-order valence-corrected chi connectivity index (χ2v) is 13.3. The summed E-state index contributed by atoms with van der Waals surface area (Å²) in [6.07, 6.45) is 9.04. The summed E-state index contributed by atoms with van der Waals surface area (Å²) in [6.45, 7) is 2.23. The van der Waals surface area contributed by atoms with Crippen molar-refractivity contribution in [1.82, 2.24) is 0 Å². The summed E-state index contributed by atoms with van der Waals surface area (Å²) in [5.74, 6) is 0. The van der Waals surface area contributed by atoms with E-state index in [0.717, 1.165) is 0 Å². The first-order valence-electron chi connectivity index (χ1n) is 17.7. The van der Waals surface area contributed by atoms with Gasteiger partial charge >= 0.3 is 0 Å². The van der Waals surface area contributed by atoms with Gasteiger partial charge in [0.15, 0.2) is 0 Å². The summed E-state index contributed by atoms with van der Waals surface area (Å²) >= 11 is 0. The van der Waals surface area contributed by atoms with Gasteiger partial charge in [0.2, 0.25) is 0 Å². The maximum atomic E-state index is 2.42. The van der Waals surface area contributed by atoms with Crippen LogP contribution in [-0.2, 0) is 0 Å². The Morgan fingerprint density at radius 3 is 0.922 bits per heavy atom. The topological polar surface area (TPSA) is 0 Å². The minimum atomic E-state index is 1.19. The van der Waals surface area contributed by atoms with Crippen molar-refractivity contribution in [3.05, 3.63) is 204 Å². The summed E-state index contributed by atoms with van der Waals surface area (Å²) in [6, 6.07) is 63.9. The fraction of sp³-hybridized carbons (Fsp3) is 0.0196. The largest absolute Gasteiger partial charge is 0.0622 e. The molecular weight excluding hydrogens is 613 g/mol. The maximum Gasteiger partial charge on any atom is -0.00261 e. The maximum absolute atomic E-state index is 2.42. The quantitative estimate of drug-likeness (QED) is 0.124. The van der Waals surface area contributed by atoms with Crippen LogP contribution in [-0.4, -0.2) is 0 Å². The number of benzene rings is 9. The fourth-order valence-electron chi connectivity index (χ4n) is 7.86. The number of aryl methyl sites for hydroxylation is 1. The van der Waals surface area contributed by atoms with Gasteiger partial charge in [-0.1, -0.05) is 194 Å². The zero-order valence-corrected chi connectivity index (χ0v) is 28.6. The van der Waals surface area contributed by atoms with Gasteiger partial charge in [-0.15, -0.1) is 0 Å². The van der Waals surface area contributed by atoms with E-state index < -0.39 is 0 Å². The number of hydrogen-bond acceptors (Lipinski definition) is 0. The van der Waals surface area contributed by atoms with Gasteiger partial charge in [-0.3, -0.25) is 0 Å². The monoisotopic (exact) mass is 648 g/mol. The van der Waals surface area contributed by atoms with Crippen molar-refractivity contribution < 1.29 is 0 Å². The number of rotatable bonds is 6. The van der Waals surface area contributed by atoms with Crippen LogP contribution in [0.2, 0.25) is 0 Å². The highest BCUT2D eigenvalue weighted by Gasteiger charge is 2.18. The van der Waals surface area contributed by atoms with Gasteiger partial charge in [0.05, 0.1) is 0 Å². The normalized spacial score (nSPS) is 11.9. The molecule has 0 saturated heterocycles. The van der Waals surface area contributed by atoms with Gasteiger partial charge in [0, 0.05) is 0 Å². The highest BCUT2D eigenvalue weighted by Crippen LogP contribution is 2.44. The average molecular weight is 649 g/mol. The molecule has 0 N–H and O–H groups in total. The Labute approximate surface area is 299 Å². The van der Waals surface area contributed by atoms with Crippen LogP contribution in [0.4, 0.5) is 0 Å². The molecule has 0 heterocycles. The van der Waals surface area contributed by atoms with E-state index in [1.165, 1.54) is 93.2 Å². The molecule has 0 fully saturated rings. The second-order valence-electron chi connectivity index (χ2n) is 13.3. The molecule has 9 aromatic carbocycles. The van der Waals surface area contributed by atoms with Gasteiger partial charge in [0.25, 0.3) is 0 Å². The minimum absolute atomic E-state index is 1.19. The standard InChI is InChI=1S/C51H36/c1-35-32-38(50-46-24-12-8-20-40(46)44(41-21-9-13-25-47(41)50)30-28-36-16-4-2-5-17-36)34-39(33-35)51-48-26-14-10-22-42(48)45(43-23-11-15-27-49(43)51)31-29-37-18-6-3-7-19-37/h2-34H,1H3/b30-28+,31-29+. The highest BCUT2D eigenvalue weighted by molar-refractivity contribution is 6.20. The number of hydrogen-bond donors (Lipinski definition) is 0. The Kier molecular flexibility index (Phi) is 7.84. The van der Waals surface area contributed by atoms with E-state index in [-0.39, 0.29) is 0 Å². The Hall–Kier alpha value is -6.50. The lowest BCUT2D eigenvalue weighted by Crippen LogP contribution is -1.93. The first kappa shape index (κ1) is 30.6. The van der Waals surface area contributed by atoms with E-state index in [1.807, 2.05) is 0 Å². The van der Waals surface area contributed by atoms with Crippen molar-refractivity contribution in [2.75, 3.05) is 0 Å². The smallest absolute Gasteiger partial charge is 0.00261 e. The third-order valence-corrected chi connectivity index (χ3v) is 10.1. The SMILES string of the molecule is Cc1cc(-c2c3ccccc3c(/C=C/c3ccccc3)c3ccccc23)cc(-c2c3ccccc3c(/C=C/c3ccccc3)c3ccccc23)c1.